The van der Waals surface area contributed by atoms with Crippen molar-refractivity contribution in [3.05, 3.63) is 0 Å². The molecule has 0 aliphatic carbocycles. The monoisotopic (exact) mass is 225 g/mol. The molecular weight excluding hydrogens is 206 g/mol. The van der Waals surface area contributed by atoms with Gasteiger partial charge in [0, 0.05) is 13.1 Å². The number of hydrogen-bond acceptors (Lipinski definition) is 3. The number of carbonyl (C=O) groups is 2. The second kappa shape index (κ2) is 4.82. The predicted molar refractivity (Wildman–Crippen MR) is 59.5 cm³/mol. The Morgan fingerprint density at radius 1 is 1.25 bits per heavy atom. The lowest BCUT2D eigenvalue weighted by molar-refractivity contribution is -0.141. The number of amides is 2. The van der Waals surface area contributed by atoms with Gasteiger partial charge in [-0.2, -0.15) is 0 Å². The Bertz CT molecular complexity index is 287. The Labute approximate surface area is 95.3 Å². The van der Waals surface area contributed by atoms with E-state index in [1.807, 2.05) is 0 Å². The summed E-state index contributed by atoms with van der Waals surface area (Å²) in [4.78, 5) is 25.1. The average molecular weight is 225 g/mol. The minimum absolute atomic E-state index is 0.0358. The van der Waals surface area contributed by atoms with Gasteiger partial charge < -0.3 is 16.0 Å². The highest BCUT2D eigenvalue weighted by Crippen LogP contribution is 2.22. The molecule has 0 radical (unpaired) electrons. The van der Waals surface area contributed by atoms with Crippen molar-refractivity contribution in [3.8, 4) is 0 Å². The Morgan fingerprint density at radius 3 is 2.69 bits per heavy atom. The minimum atomic E-state index is -0.366. The molecule has 0 bridgehead atoms. The fourth-order valence-electron chi connectivity index (χ4n) is 2.62. The lowest BCUT2D eigenvalue weighted by atomic mass is 9.98. The first-order valence-electron chi connectivity index (χ1n) is 6.00. The van der Waals surface area contributed by atoms with Crippen molar-refractivity contribution >= 4 is 11.8 Å². The largest absolute Gasteiger partial charge is 0.368 e. The van der Waals surface area contributed by atoms with Crippen molar-refractivity contribution in [2.75, 3.05) is 19.6 Å². The zero-order valence-electron chi connectivity index (χ0n) is 9.45. The van der Waals surface area contributed by atoms with Crippen LogP contribution in [0.1, 0.15) is 25.7 Å². The summed E-state index contributed by atoms with van der Waals surface area (Å²) in [6.07, 6.45) is 3.57. The van der Waals surface area contributed by atoms with Gasteiger partial charge in [0.05, 0.1) is 5.92 Å². The Kier molecular flexibility index (Phi) is 3.43. The molecule has 0 saturated carbocycles. The molecule has 2 heterocycles. The number of likely N-dealkylation sites (tertiary alicyclic amines) is 1. The molecule has 0 aromatic carbocycles. The molecule has 2 aliphatic rings. The van der Waals surface area contributed by atoms with Gasteiger partial charge in [0.25, 0.3) is 0 Å². The minimum Gasteiger partial charge on any atom is -0.368 e. The molecule has 0 aromatic heterocycles. The Morgan fingerprint density at radius 2 is 2.06 bits per heavy atom. The van der Waals surface area contributed by atoms with E-state index < -0.39 is 0 Å². The van der Waals surface area contributed by atoms with E-state index in [4.69, 9.17) is 5.73 Å². The van der Waals surface area contributed by atoms with Crippen LogP contribution in [0.15, 0.2) is 0 Å². The highest BCUT2D eigenvalue weighted by molar-refractivity contribution is 5.88. The summed E-state index contributed by atoms with van der Waals surface area (Å²) < 4.78 is 0. The van der Waals surface area contributed by atoms with E-state index in [9.17, 15) is 9.59 Å². The zero-order chi connectivity index (χ0) is 11.5. The van der Waals surface area contributed by atoms with Crippen LogP contribution in [-0.2, 0) is 9.59 Å². The van der Waals surface area contributed by atoms with Crippen LogP contribution in [0.2, 0.25) is 0 Å². The van der Waals surface area contributed by atoms with Gasteiger partial charge in [-0.25, -0.2) is 0 Å². The maximum atomic E-state index is 12.2. The smallest absolute Gasteiger partial charge is 0.240 e. The molecule has 5 nitrogen and oxygen atoms in total. The van der Waals surface area contributed by atoms with Crippen molar-refractivity contribution in [1.29, 1.82) is 0 Å². The number of nitrogens with zero attached hydrogens (tertiary/aromatic N) is 1. The normalized spacial score (nSPS) is 30.4. The number of primary amides is 1. The van der Waals surface area contributed by atoms with Crippen LogP contribution in [0, 0.1) is 5.92 Å². The van der Waals surface area contributed by atoms with E-state index in [-0.39, 0.29) is 23.8 Å². The summed E-state index contributed by atoms with van der Waals surface area (Å²) in [5, 5.41) is 3.22. The van der Waals surface area contributed by atoms with Gasteiger partial charge >= 0.3 is 0 Å². The highest BCUT2D eigenvalue weighted by Gasteiger charge is 2.36. The van der Waals surface area contributed by atoms with Crippen LogP contribution in [0.5, 0.6) is 0 Å². The molecule has 0 aromatic rings. The van der Waals surface area contributed by atoms with Crippen molar-refractivity contribution in [3.63, 3.8) is 0 Å². The molecule has 2 aliphatic heterocycles. The SMILES string of the molecule is NC(=O)C1CCCN1C(=O)[C@@H]1CCCNC1. The first-order valence-corrected chi connectivity index (χ1v) is 6.00. The first kappa shape index (κ1) is 11.4. The molecule has 16 heavy (non-hydrogen) atoms. The second-order valence-electron chi connectivity index (χ2n) is 4.64. The average Bonchev–Trinajstić information content (AvgIpc) is 2.78. The summed E-state index contributed by atoms with van der Waals surface area (Å²) in [7, 11) is 0. The van der Waals surface area contributed by atoms with Crippen molar-refractivity contribution < 1.29 is 9.59 Å². The zero-order valence-corrected chi connectivity index (χ0v) is 9.45. The van der Waals surface area contributed by atoms with E-state index in [0.29, 0.717) is 6.54 Å². The molecule has 2 fully saturated rings. The second-order valence-corrected chi connectivity index (χ2v) is 4.64. The third-order valence-electron chi connectivity index (χ3n) is 3.51. The van der Waals surface area contributed by atoms with Crippen LogP contribution in [-0.4, -0.2) is 42.4 Å². The van der Waals surface area contributed by atoms with Crippen LogP contribution >= 0.6 is 0 Å². The summed E-state index contributed by atoms with van der Waals surface area (Å²) in [6.45, 7) is 2.41. The van der Waals surface area contributed by atoms with Gasteiger partial charge in [-0.15, -0.1) is 0 Å². The Hall–Kier alpha value is -1.10. The van der Waals surface area contributed by atoms with Crippen LogP contribution in [0.4, 0.5) is 0 Å². The lowest BCUT2D eigenvalue weighted by Crippen LogP contribution is -2.48. The summed E-state index contributed by atoms with van der Waals surface area (Å²) in [5.74, 6) is -0.225. The quantitative estimate of drug-likeness (QED) is 0.663. The number of nitrogens with one attached hydrogen (secondary N) is 1. The molecule has 1 unspecified atom stereocenters. The van der Waals surface area contributed by atoms with Gasteiger partial charge in [0.15, 0.2) is 0 Å². The van der Waals surface area contributed by atoms with Gasteiger partial charge in [-0.1, -0.05) is 0 Å². The van der Waals surface area contributed by atoms with Crippen molar-refractivity contribution in [2.45, 2.75) is 31.7 Å². The molecule has 3 N–H and O–H groups in total. The molecule has 5 heteroatoms. The fraction of sp³-hybridized carbons (Fsp3) is 0.818. The third-order valence-corrected chi connectivity index (χ3v) is 3.51. The van der Waals surface area contributed by atoms with Gasteiger partial charge in [-0.3, -0.25) is 9.59 Å². The fourth-order valence-corrected chi connectivity index (χ4v) is 2.62. The molecule has 2 amide bonds. The lowest BCUT2D eigenvalue weighted by Gasteiger charge is -2.29. The maximum Gasteiger partial charge on any atom is 0.240 e. The van der Waals surface area contributed by atoms with Crippen LogP contribution < -0.4 is 11.1 Å². The summed E-state index contributed by atoms with van der Waals surface area (Å²) in [5.41, 5.74) is 5.31. The van der Waals surface area contributed by atoms with Crippen molar-refractivity contribution in [1.82, 2.24) is 10.2 Å². The molecule has 0 spiro atoms. The van der Waals surface area contributed by atoms with Gasteiger partial charge in [0.1, 0.15) is 6.04 Å². The van der Waals surface area contributed by atoms with Gasteiger partial charge in [0.2, 0.25) is 11.8 Å². The topological polar surface area (TPSA) is 75.4 Å². The Balaban J connectivity index is 1.99. The molecule has 90 valence electrons. The van der Waals surface area contributed by atoms with E-state index in [0.717, 1.165) is 38.8 Å². The van der Waals surface area contributed by atoms with Crippen LogP contribution in [0.3, 0.4) is 0 Å². The first-order chi connectivity index (χ1) is 7.70. The van der Waals surface area contributed by atoms with E-state index in [2.05, 4.69) is 5.32 Å². The van der Waals surface area contributed by atoms with Crippen LogP contribution in [0.25, 0.3) is 0 Å². The highest BCUT2D eigenvalue weighted by atomic mass is 16.2. The number of carbonyl (C=O) groups excluding carboxylic acids is 2. The van der Waals surface area contributed by atoms with Gasteiger partial charge in [-0.05, 0) is 32.2 Å². The third kappa shape index (κ3) is 2.19. The summed E-state index contributed by atoms with van der Waals surface area (Å²) in [6, 6.07) is -0.366. The number of rotatable bonds is 2. The predicted octanol–water partition coefficient (Wildman–Crippen LogP) is -0.538. The maximum absolute atomic E-state index is 12.2. The molecule has 2 atom stereocenters. The summed E-state index contributed by atoms with van der Waals surface area (Å²) >= 11 is 0. The standard InChI is InChI=1S/C11H19N3O2/c12-10(15)9-4-2-6-14(9)11(16)8-3-1-5-13-7-8/h8-9,13H,1-7H2,(H2,12,15)/t8-,9?/m1/s1. The molecule has 2 saturated heterocycles. The number of hydrogen-bond donors (Lipinski definition) is 2. The van der Waals surface area contributed by atoms with E-state index in [1.165, 1.54) is 0 Å². The van der Waals surface area contributed by atoms with E-state index in [1.54, 1.807) is 4.90 Å². The van der Waals surface area contributed by atoms with E-state index >= 15 is 0 Å². The number of piperidine rings is 1. The molecular formula is C11H19N3O2. The van der Waals surface area contributed by atoms with Crippen molar-refractivity contribution in [2.24, 2.45) is 11.7 Å². The number of nitrogens with two attached hydrogens (primary N) is 1. The molecule has 2 rings (SSSR count).